The first-order chi connectivity index (χ1) is 9.88. The number of hydrogen-bond donors (Lipinski definition) is 2. The van der Waals surface area contributed by atoms with Gasteiger partial charge in [0.15, 0.2) is 0 Å². The molecule has 9 nitrogen and oxygen atoms in total. The van der Waals surface area contributed by atoms with Crippen LogP contribution in [0.2, 0.25) is 0 Å². The molecule has 2 N–H and O–H groups in total. The molecule has 1 unspecified atom stereocenters. The highest BCUT2D eigenvalue weighted by Crippen LogP contribution is 2.16. The number of aromatic nitrogens is 2. The van der Waals surface area contributed by atoms with Gasteiger partial charge in [-0.05, 0) is 6.92 Å². The number of carbonyl (C=O) groups is 3. The van der Waals surface area contributed by atoms with Gasteiger partial charge in [0, 0.05) is 5.92 Å². The number of amides is 4. The van der Waals surface area contributed by atoms with Gasteiger partial charge in [0.25, 0.3) is 5.91 Å². The molecule has 1 aliphatic heterocycles. The average molecular weight is 295 g/mol. The maximum atomic E-state index is 11.8. The third kappa shape index (κ3) is 3.36. The van der Waals surface area contributed by atoms with E-state index in [1.54, 1.807) is 6.92 Å². The highest BCUT2D eigenvalue weighted by atomic mass is 16.4. The molecule has 1 fully saturated rings. The maximum Gasteiger partial charge on any atom is 0.325 e. The first-order valence-corrected chi connectivity index (χ1v) is 6.59. The van der Waals surface area contributed by atoms with E-state index in [0.29, 0.717) is 5.89 Å². The van der Waals surface area contributed by atoms with Crippen molar-refractivity contribution in [1.82, 2.24) is 25.7 Å². The Kier molecular flexibility index (Phi) is 4.20. The Morgan fingerprint density at radius 1 is 1.33 bits per heavy atom. The van der Waals surface area contributed by atoms with E-state index in [1.165, 1.54) is 0 Å². The Hall–Kier alpha value is -2.45. The molecule has 0 aromatic carbocycles. The summed E-state index contributed by atoms with van der Waals surface area (Å²) < 4.78 is 5.42. The molecule has 0 spiro atoms. The predicted octanol–water partition coefficient (Wildman–Crippen LogP) is -0.0780. The number of rotatable bonds is 5. The van der Waals surface area contributed by atoms with Gasteiger partial charge in [0.05, 0.1) is 6.54 Å². The van der Waals surface area contributed by atoms with Crippen LogP contribution in [0.3, 0.4) is 0 Å². The number of urea groups is 1. The van der Waals surface area contributed by atoms with Crippen molar-refractivity contribution in [3.05, 3.63) is 11.8 Å². The zero-order chi connectivity index (χ0) is 15.6. The molecule has 1 aliphatic rings. The lowest BCUT2D eigenvalue weighted by atomic mass is 10.2. The largest absolute Gasteiger partial charge is 0.423 e. The second-order valence-corrected chi connectivity index (χ2v) is 5.06. The summed E-state index contributed by atoms with van der Waals surface area (Å²) >= 11 is 0. The van der Waals surface area contributed by atoms with E-state index in [2.05, 4.69) is 20.8 Å². The highest BCUT2D eigenvalue weighted by molar-refractivity contribution is 6.04. The normalized spacial score (nSPS) is 16.3. The van der Waals surface area contributed by atoms with Gasteiger partial charge < -0.3 is 15.1 Å². The smallest absolute Gasteiger partial charge is 0.325 e. The van der Waals surface area contributed by atoms with Gasteiger partial charge in [-0.2, -0.15) is 0 Å². The SMILES string of the molecule is CC(C)c1nnc(C(C)NC(=O)CN2C(=O)CNC2=O)o1. The fourth-order valence-electron chi connectivity index (χ4n) is 1.76. The van der Waals surface area contributed by atoms with Crippen molar-refractivity contribution >= 4 is 17.8 Å². The van der Waals surface area contributed by atoms with E-state index >= 15 is 0 Å². The third-order valence-corrected chi connectivity index (χ3v) is 2.94. The van der Waals surface area contributed by atoms with E-state index in [9.17, 15) is 14.4 Å². The van der Waals surface area contributed by atoms with E-state index < -0.39 is 23.9 Å². The van der Waals surface area contributed by atoms with Crippen molar-refractivity contribution in [3.8, 4) is 0 Å². The van der Waals surface area contributed by atoms with Crippen LogP contribution in [-0.4, -0.2) is 46.0 Å². The molecule has 2 rings (SSSR count). The van der Waals surface area contributed by atoms with Crippen molar-refractivity contribution in [2.24, 2.45) is 0 Å². The van der Waals surface area contributed by atoms with Crippen LogP contribution in [0.15, 0.2) is 4.42 Å². The van der Waals surface area contributed by atoms with Gasteiger partial charge in [-0.25, -0.2) is 4.79 Å². The van der Waals surface area contributed by atoms with Gasteiger partial charge in [-0.3, -0.25) is 14.5 Å². The monoisotopic (exact) mass is 295 g/mol. The second kappa shape index (κ2) is 5.90. The Morgan fingerprint density at radius 3 is 2.52 bits per heavy atom. The predicted molar refractivity (Wildman–Crippen MR) is 70.1 cm³/mol. The highest BCUT2D eigenvalue weighted by Gasteiger charge is 2.30. The van der Waals surface area contributed by atoms with Crippen molar-refractivity contribution in [3.63, 3.8) is 0 Å². The van der Waals surface area contributed by atoms with Crippen LogP contribution in [-0.2, 0) is 9.59 Å². The topological polar surface area (TPSA) is 117 Å². The van der Waals surface area contributed by atoms with Crippen molar-refractivity contribution in [2.75, 3.05) is 13.1 Å². The van der Waals surface area contributed by atoms with Crippen molar-refractivity contribution < 1.29 is 18.8 Å². The number of nitrogens with one attached hydrogen (secondary N) is 2. The minimum atomic E-state index is -0.567. The van der Waals surface area contributed by atoms with Crippen LogP contribution < -0.4 is 10.6 Å². The number of carbonyl (C=O) groups excluding carboxylic acids is 3. The number of hydrogen-bond acceptors (Lipinski definition) is 6. The van der Waals surface area contributed by atoms with Gasteiger partial charge in [0.1, 0.15) is 12.6 Å². The van der Waals surface area contributed by atoms with Crippen LogP contribution in [0.5, 0.6) is 0 Å². The van der Waals surface area contributed by atoms with Crippen LogP contribution in [0.4, 0.5) is 4.79 Å². The molecule has 0 aliphatic carbocycles. The maximum absolute atomic E-state index is 11.8. The average Bonchev–Trinajstić information content (AvgIpc) is 3.01. The Morgan fingerprint density at radius 2 is 2.00 bits per heavy atom. The molecule has 0 saturated carbocycles. The first-order valence-electron chi connectivity index (χ1n) is 6.59. The molecule has 2 heterocycles. The molecule has 4 amide bonds. The molecule has 1 aromatic heterocycles. The summed E-state index contributed by atoms with van der Waals surface area (Å²) in [6.07, 6.45) is 0. The van der Waals surface area contributed by atoms with Gasteiger partial charge in [0.2, 0.25) is 17.7 Å². The van der Waals surface area contributed by atoms with Crippen LogP contribution in [0.25, 0.3) is 0 Å². The van der Waals surface area contributed by atoms with Crippen LogP contribution >= 0.6 is 0 Å². The minimum absolute atomic E-state index is 0.0803. The summed E-state index contributed by atoms with van der Waals surface area (Å²) in [5.74, 6) is -0.0376. The fourth-order valence-corrected chi connectivity index (χ4v) is 1.76. The van der Waals surface area contributed by atoms with Crippen LogP contribution in [0.1, 0.15) is 44.5 Å². The zero-order valence-electron chi connectivity index (χ0n) is 12.0. The molecule has 9 heteroatoms. The lowest BCUT2D eigenvalue weighted by molar-refractivity contribution is -0.130. The minimum Gasteiger partial charge on any atom is -0.423 e. The van der Waals surface area contributed by atoms with E-state index in [1.807, 2.05) is 13.8 Å². The summed E-state index contributed by atoms with van der Waals surface area (Å²) in [6.45, 7) is 5.10. The molecule has 0 bridgehead atoms. The second-order valence-electron chi connectivity index (χ2n) is 5.06. The third-order valence-electron chi connectivity index (χ3n) is 2.94. The summed E-state index contributed by atoms with van der Waals surface area (Å²) in [6, 6.07) is -1.07. The van der Waals surface area contributed by atoms with Gasteiger partial charge in [-0.1, -0.05) is 13.8 Å². The summed E-state index contributed by atoms with van der Waals surface area (Å²) in [4.78, 5) is 35.4. The molecule has 1 aromatic rings. The van der Waals surface area contributed by atoms with Crippen LogP contribution in [0, 0.1) is 0 Å². The van der Waals surface area contributed by atoms with Gasteiger partial charge in [-0.15, -0.1) is 10.2 Å². The Labute approximate surface area is 121 Å². The van der Waals surface area contributed by atoms with Crippen molar-refractivity contribution in [1.29, 1.82) is 0 Å². The summed E-state index contributed by atoms with van der Waals surface area (Å²) in [5.41, 5.74) is 0. The zero-order valence-corrected chi connectivity index (χ0v) is 12.0. The molecular weight excluding hydrogens is 278 g/mol. The Balaban J connectivity index is 1.92. The standard InChI is InChI=1S/C12H17N5O4/c1-6(2)10-15-16-11(21-10)7(3)14-8(18)5-17-9(19)4-13-12(17)20/h6-7H,4-5H2,1-3H3,(H,13,20)(H,14,18). The van der Waals surface area contributed by atoms with E-state index in [-0.39, 0.29) is 24.9 Å². The first kappa shape index (κ1) is 14.9. The molecule has 21 heavy (non-hydrogen) atoms. The summed E-state index contributed by atoms with van der Waals surface area (Å²) in [7, 11) is 0. The quantitative estimate of drug-likeness (QED) is 0.734. The lowest BCUT2D eigenvalue weighted by Crippen LogP contribution is -2.41. The number of imide groups is 1. The fraction of sp³-hybridized carbons (Fsp3) is 0.583. The van der Waals surface area contributed by atoms with E-state index in [4.69, 9.17) is 4.42 Å². The van der Waals surface area contributed by atoms with E-state index in [0.717, 1.165) is 4.90 Å². The number of nitrogens with zero attached hydrogens (tertiary/aromatic N) is 3. The summed E-state index contributed by atoms with van der Waals surface area (Å²) in [5, 5.41) is 12.7. The molecule has 0 radical (unpaired) electrons. The lowest BCUT2D eigenvalue weighted by Gasteiger charge is -2.14. The molecule has 1 saturated heterocycles. The Bertz CT molecular complexity index is 552. The molecule has 1 atom stereocenters. The van der Waals surface area contributed by atoms with Gasteiger partial charge >= 0.3 is 6.03 Å². The molecular formula is C12H17N5O4. The molecule has 114 valence electrons. The van der Waals surface area contributed by atoms with Crippen molar-refractivity contribution in [2.45, 2.75) is 32.7 Å².